The summed E-state index contributed by atoms with van der Waals surface area (Å²) in [6, 6.07) is 5.14. The molecule has 0 saturated carbocycles. The van der Waals surface area contributed by atoms with Gasteiger partial charge in [-0.15, -0.1) is 11.6 Å². The maximum absolute atomic E-state index is 11.5. The van der Waals surface area contributed by atoms with Gasteiger partial charge in [-0.1, -0.05) is 0 Å². The molecule has 0 heterocycles. The van der Waals surface area contributed by atoms with Crippen LogP contribution in [0.3, 0.4) is 0 Å². The van der Waals surface area contributed by atoms with E-state index in [2.05, 4.69) is 0 Å². The van der Waals surface area contributed by atoms with Crippen LogP contribution in [-0.2, 0) is 0 Å². The second-order valence-electron chi connectivity index (χ2n) is 3.08. The number of ether oxygens (including phenoxy) is 2. The Morgan fingerprint density at radius 1 is 1.25 bits per heavy atom. The van der Waals surface area contributed by atoms with E-state index in [1.54, 1.807) is 18.2 Å². The Hall–Kier alpha value is -1.22. The molecule has 0 fully saturated rings. The lowest BCUT2D eigenvalue weighted by molar-refractivity contribution is 0.101. The molecule has 88 valence electrons. The second-order valence-corrected chi connectivity index (χ2v) is 3.35. The molecule has 0 saturated heterocycles. The van der Waals surface area contributed by atoms with Crippen LogP contribution in [-0.4, -0.2) is 24.9 Å². The van der Waals surface area contributed by atoms with Crippen molar-refractivity contribution in [2.24, 2.45) is 0 Å². The zero-order valence-electron chi connectivity index (χ0n) is 9.46. The summed E-state index contributed by atoms with van der Waals surface area (Å²) in [4.78, 5) is 11.5. The summed E-state index contributed by atoms with van der Waals surface area (Å²) >= 11 is 5.52. The standard InChI is InChI=1S/C12H15ClO3/c1-3-15-9-5-6-10(11(14)8-13)12(7-9)16-4-2/h5-7H,3-4,8H2,1-2H3. The quantitative estimate of drug-likeness (QED) is 0.568. The van der Waals surface area contributed by atoms with E-state index in [4.69, 9.17) is 21.1 Å². The predicted molar refractivity (Wildman–Crippen MR) is 63.8 cm³/mol. The summed E-state index contributed by atoms with van der Waals surface area (Å²) in [5, 5.41) is 0. The summed E-state index contributed by atoms with van der Waals surface area (Å²) in [6.07, 6.45) is 0. The number of alkyl halides is 1. The van der Waals surface area contributed by atoms with Crippen LogP contribution < -0.4 is 9.47 Å². The largest absolute Gasteiger partial charge is 0.494 e. The van der Waals surface area contributed by atoms with E-state index in [9.17, 15) is 4.79 Å². The third-order valence-electron chi connectivity index (χ3n) is 1.99. The summed E-state index contributed by atoms with van der Waals surface area (Å²) in [5.41, 5.74) is 0.500. The molecule has 0 unspecified atom stereocenters. The molecule has 0 aromatic heterocycles. The van der Waals surface area contributed by atoms with Gasteiger partial charge < -0.3 is 9.47 Å². The van der Waals surface area contributed by atoms with E-state index < -0.39 is 0 Å². The van der Waals surface area contributed by atoms with Crippen molar-refractivity contribution in [1.29, 1.82) is 0 Å². The lowest BCUT2D eigenvalue weighted by Gasteiger charge is -2.10. The van der Waals surface area contributed by atoms with Gasteiger partial charge in [-0.25, -0.2) is 0 Å². The number of benzene rings is 1. The highest BCUT2D eigenvalue weighted by molar-refractivity contribution is 6.30. The highest BCUT2D eigenvalue weighted by Gasteiger charge is 2.12. The fraction of sp³-hybridized carbons (Fsp3) is 0.417. The Bertz CT molecular complexity index is 363. The first-order valence-corrected chi connectivity index (χ1v) is 5.75. The van der Waals surface area contributed by atoms with Crippen molar-refractivity contribution in [2.45, 2.75) is 13.8 Å². The van der Waals surface area contributed by atoms with Gasteiger partial charge in [-0.05, 0) is 26.0 Å². The monoisotopic (exact) mass is 242 g/mol. The molecule has 0 spiro atoms. The molecule has 0 atom stereocenters. The Balaban J connectivity index is 3.03. The Kier molecular flexibility index (Phi) is 5.12. The van der Waals surface area contributed by atoms with E-state index in [-0.39, 0.29) is 11.7 Å². The first-order valence-electron chi connectivity index (χ1n) is 5.21. The van der Waals surface area contributed by atoms with Gasteiger partial charge in [0.15, 0.2) is 5.78 Å². The summed E-state index contributed by atoms with van der Waals surface area (Å²) in [6.45, 7) is 4.84. The van der Waals surface area contributed by atoms with Crippen LogP contribution in [0.15, 0.2) is 18.2 Å². The van der Waals surface area contributed by atoms with Gasteiger partial charge in [0.2, 0.25) is 0 Å². The van der Waals surface area contributed by atoms with Gasteiger partial charge in [0, 0.05) is 6.07 Å². The number of hydrogen-bond acceptors (Lipinski definition) is 3. The molecular formula is C12H15ClO3. The average molecular weight is 243 g/mol. The SMILES string of the molecule is CCOc1ccc(C(=O)CCl)c(OCC)c1. The molecule has 0 aliphatic rings. The molecule has 0 N–H and O–H groups in total. The Morgan fingerprint density at radius 3 is 2.50 bits per heavy atom. The van der Waals surface area contributed by atoms with E-state index in [1.165, 1.54) is 0 Å². The third kappa shape index (κ3) is 3.14. The van der Waals surface area contributed by atoms with Gasteiger partial charge >= 0.3 is 0 Å². The van der Waals surface area contributed by atoms with Crippen molar-refractivity contribution >= 4 is 17.4 Å². The van der Waals surface area contributed by atoms with Crippen LogP contribution in [0.1, 0.15) is 24.2 Å². The normalized spacial score (nSPS) is 9.94. The number of rotatable bonds is 6. The molecule has 0 aliphatic heterocycles. The summed E-state index contributed by atoms with van der Waals surface area (Å²) in [5.74, 6) is 1.03. The minimum Gasteiger partial charge on any atom is -0.494 e. The minimum absolute atomic E-state index is 0.0476. The van der Waals surface area contributed by atoms with E-state index in [0.29, 0.717) is 30.3 Å². The number of carbonyl (C=O) groups is 1. The predicted octanol–water partition coefficient (Wildman–Crippen LogP) is 2.91. The highest BCUT2D eigenvalue weighted by Crippen LogP contribution is 2.25. The van der Waals surface area contributed by atoms with Crippen molar-refractivity contribution in [3.63, 3.8) is 0 Å². The zero-order valence-corrected chi connectivity index (χ0v) is 10.2. The second kappa shape index (κ2) is 6.38. The van der Waals surface area contributed by atoms with Crippen LogP contribution in [0, 0.1) is 0 Å². The average Bonchev–Trinajstić information content (AvgIpc) is 2.29. The maximum Gasteiger partial charge on any atom is 0.181 e. The molecule has 4 heteroatoms. The van der Waals surface area contributed by atoms with Crippen molar-refractivity contribution in [1.82, 2.24) is 0 Å². The van der Waals surface area contributed by atoms with Crippen LogP contribution in [0.5, 0.6) is 11.5 Å². The number of hydrogen-bond donors (Lipinski definition) is 0. The smallest absolute Gasteiger partial charge is 0.181 e. The third-order valence-corrected chi connectivity index (χ3v) is 2.23. The molecule has 0 amide bonds. The first-order chi connectivity index (χ1) is 7.72. The van der Waals surface area contributed by atoms with Gasteiger partial charge in [0.1, 0.15) is 11.5 Å². The zero-order chi connectivity index (χ0) is 12.0. The lowest BCUT2D eigenvalue weighted by atomic mass is 10.1. The number of halogens is 1. The van der Waals surface area contributed by atoms with E-state index in [1.807, 2.05) is 13.8 Å². The van der Waals surface area contributed by atoms with Crippen molar-refractivity contribution < 1.29 is 14.3 Å². The van der Waals surface area contributed by atoms with Crippen LogP contribution in [0.2, 0.25) is 0 Å². The van der Waals surface area contributed by atoms with Gasteiger partial charge in [0.25, 0.3) is 0 Å². The van der Waals surface area contributed by atoms with Crippen molar-refractivity contribution in [2.75, 3.05) is 19.1 Å². The fourth-order valence-electron chi connectivity index (χ4n) is 1.34. The van der Waals surface area contributed by atoms with Crippen LogP contribution in [0.4, 0.5) is 0 Å². The molecule has 1 aromatic carbocycles. The Labute approximate surface area is 100 Å². The van der Waals surface area contributed by atoms with Crippen LogP contribution in [0.25, 0.3) is 0 Å². The highest BCUT2D eigenvalue weighted by atomic mass is 35.5. The maximum atomic E-state index is 11.5. The van der Waals surface area contributed by atoms with Gasteiger partial charge in [-0.2, -0.15) is 0 Å². The molecule has 0 radical (unpaired) electrons. The number of Topliss-reactive ketones (excluding diaryl/α,β-unsaturated/α-hetero) is 1. The topological polar surface area (TPSA) is 35.5 Å². The molecule has 3 nitrogen and oxygen atoms in total. The minimum atomic E-state index is -0.145. The molecule has 1 rings (SSSR count). The van der Waals surface area contributed by atoms with Crippen molar-refractivity contribution in [3.8, 4) is 11.5 Å². The number of carbonyl (C=O) groups excluding carboxylic acids is 1. The molecular weight excluding hydrogens is 228 g/mol. The Morgan fingerprint density at radius 2 is 1.94 bits per heavy atom. The lowest BCUT2D eigenvalue weighted by Crippen LogP contribution is -2.05. The molecule has 1 aromatic rings. The number of ketones is 1. The van der Waals surface area contributed by atoms with Crippen molar-refractivity contribution in [3.05, 3.63) is 23.8 Å². The summed E-state index contributed by atoms with van der Waals surface area (Å²) in [7, 11) is 0. The molecule has 16 heavy (non-hydrogen) atoms. The van der Waals surface area contributed by atoms with Gasteiger partial charge in [-0.3, -0.25) is 4.79 Å². The fourth-order valence-corrected chi connectivity index (χ4v) is 1.48. The van der Waals surface area contributed by atoms with Crippen LogP contribution >= 0.6 is 11.6 Å². The first kappa shape index (κ1) is 12.8. The summed E-state index contributed by atoms with van der Waals surface area (Å²) < 4.78 is 10.7. The van der Waals surface area contributed by atoms with E-state index in [0.717, 1.165) is 0 Å². The molecule has 0 aliphatic carbocycles. The molecule has 0 bridgehead atoms. The van der Waals surface area contributed by atoms with Gasteiger partial charge in [0.05, 0.1) is 24.7 Å². The van der Waals surface area contributed by atoms with E-state index >= 15 is 0 Å².